The van der Waals surface area contributed by atoms with Gasteiger partial charge in [-0.2, -0.15) is 0 Å². The van der Waals surface area contributed by atoms with Crippen molar-refractivity contribution in [3.63, 3.8) is 0 Å². The van der Waals surface area contributed by atoms with Gasteiger partial charge in [-0.15, -0.1) is 11.8 Å². The molecule has 0 bridgehead atoms. The van der Waals surface area contributed by atoms with Crippen LogP contribution in [0, 0.1) is 10.5 Å². The van der Waals surface area contributed by atoms with Crippen LogP contribution in [-0.4, -0.2) is 16.5 Å². The fraction of sp³-hybridized carbons (Fsp3) is 0.333. The van der Waals surface area contributed by atoms with E-state index >= 15 is 0 Å². The quantitative estimate of drug-likeness (QED) is 0.504. The number of aromatic nitrogens is 2. The first-order chi connectivity index (χ1) is 10.1. The summed E-state index contributed by atoms with van der Waals surface area (Å²) < 4.78 is 1.09. The molecule has 0 saturated carbocycles. The smallest absolute Gasteiger partial charge is 0.143 e. The van der Waals surface area contributed by atoms with E-state index in [4.69, 9.17) is 11.6 Å². The average Bonchev–Trinajstić information content (AvgIpc) is 2.47. The molecule has 0 unspecified atom stereocenters. The highest BCUT2D eigenvalue weighted by molar-refractivity contribution is 14.1. The van der Waals surface area contributed by atoms with Crippen LogP contribution in [0.5, 0.6) is 0 Å². The summed E-state index contributed by atoms with van der Waals surface area (Å²) in [5.74, 6) is 2.52. The molecule has 21 heavy (non-hydrogen) atoms. The SMILES string of the molecule is CCCNc1nc(CSc2cccc(Cl)c2)nc(C)c1I. The number of nitrogens with one attached hydrogen (secondary N) is 1. The first-order valence-corrected chi connectivity index (χ1v) is 9.19. The van der Waals surface area contributed by atoms with Gasteiger partial charge < -0.3 is 5.32 Å². The van der Waals surface area contributed by atoms with Gasteiger partial charge in [0.2, 0.25) is 0 Å². The van der Waals surface area contributed by atoms with Crippen LogP contribution in [0.15, 0.2) is 29.2 Å². The Bertz CT molecular complexity index is 622. The van der Waals surface area contributed by atoms with E-state index in [1.807, 2.05) is 31.2 Å². The predicted molar refractivity (Wildman–Crippen MR) is 99.3 cm³/mol. The summed E-state index contributed by atoms with van der Waals surface area (Å²) in [4.78, 5) is 10.3. The molecule has 2 rings (SSSR count). The van der Waals surface area contributed by atoms with Gasteiger partial charge in [0, 0.05) is 16.5 Å². The molecule has 0 amide bonds. The maximum absolute atomic E-state index is 6.00. The molecule has 2 aromatic rings. The van der Waals surface area contributed by atoms with Crippen molar-refractivity contribution < 1.29 is 0 Å². The van der Waals surface area contributed by atoms with Crippen LogP contribution < -0.4 is 5.32 Å². The third-order valence-electron chi connectivity index (χ3n) is 2.77. The molecule has 1 heterocycles. The zero-order valence-electron chi connectivity index (χ0n) is 12.0. The third kappa shape index (κ3) is 5.00. The number of aryl methyl sites for hydroxylation is 1. The van der Waals surface area contributed by atoms with Crippen LogP contribution in [0.4, 0.5) is 5.82 Å². The summed E-state index contributed by atoms with van der Waals surface area (Å²) in [5.41, 5.74) is 1.02. The number of thioether (sulfide) groups is 1. The summed E-state index contributed by atoms with van der Waals surface area (Å²) in [6.07, 6.45) is 1.08. The van der Waals surface area contributed by atoms with E-state index in [2.05, 4.69) is 44.8 Å². The summed E-state index contributed by atoms with van der Waals surface area (Å²) in [6.45, 7) is 5.09. The number of benzene rings is 1. The minimum absolute atomic E-state index is 0.735. The molecule has 0 atom stereocenters. The zero-order valence-corrected chi connectivity index (χ0v) is 15.7. The number of nitrogens with zero attached hydrogens (tertiary/aromatic N) is 2. The molecule has 0 spiro atoms. The predicted octanol–water partition coefficient (Wildman–Crippen LogP) is 5.16. The van der Waals surface area contributed by atoms with Crippen LogP contribution in [0.2, 0.25) is 5.02 Å². The van der Waals surface area contributed by atoms with Crippen LogP contribution in [0.3, 0.4) is 0 Å². The lowest BCUT2D eigenvalue weighted by atomic mass is 10.4. The highest BCUT2D eigenvalue weighted by atomic mass is 127. The first kappa shape index (κ1) is 16.8. The van der Waals surface area contributed by atoms with Gasteiger partial charge in [0.1, 0.15) is 11.6 Å². The van der Waals surface area contributed by atoms with Gasteiger partial charge in [-0.05, 0) is 54.1 Å². The fourth-order valence-electron chi connectivity index (χ4n) is 1.75. The Kier molecular flexibility index (Phi) is 6.57. The third-order valence-corrected chi connectivity index (χ3v) is 5.29. The van der Waals surface area contributed by atoms with E-state index in [1.165, 1.54) is 0 Å². The van der Waals surface area contributed by atoms with Crippen molar-refractivity contribution in [3.8, 4) is 0 Å². The molecule has 6 heteroatoms. The van der Waals surface area contributed by atoms with Gasteiger partial charge in [0.15, 0.2) is 0 Å². The van der Waals surface area contributed by atoms with E-state index in [0.29, 0.717) is 0 Å². The number of hydrogen-bond donors (Lipinski definition) is 1. The summed E-state index contributed by atoms with van der Waals surface area (Å²) in [5, 5.41) is 4.12. The highest BCUT2D eigenvalue weighted by Crippen LogP contribution is 2.26. The number of halogens is 2. The molecule has 0 radical (unpaired) electrons. The number of anilines is 1. The van der Waals surface area contributed by atoms with Crippen molar-refractivity contribution in [3.05, 3.63) is 44.4 Å². The van der Waals surface area contributed by atoms with Gasteiger partial charge in [-0.25, -0.2) is 9.97 Å². The van der Waals surface area contributed by atoms with Crippen molar-refractivity contribution in [2.45, 2.75) is 30.9 Å². The molecule has 112 valence electrons. The normalized spacial score (nSPS) is 10.7. The molecule has 0 aliphatic carbocycles. The molecule has 0 aliphatic heterocycles. The maximum Gasteiger partial charge on any atom is 0.143 e. The second-order valence-corrected chi connectivity index (χ2v) is 7.12. The minimum atomic E-state index is 0.735. The van der Waals surface area contributed by atoms with Crippen molar-refractivity contribution in [2.24, 2.45) is 0 Å². The van der Waals surface area contributed by atoms with Crippen LogP contribution in [-0.2, 0) is 5.75 Å². The Morgan fingerprint density at radius 3 is 2.86 bits per heavy atom. The van der Waals surface area contributed by atoms with Gasteiger partial charge in [-0.3, -0.25) is 0 Å². The standard InChI is InChI=1S/C15H17ClIN3S/c1-3-7-18-15-14(17)10(2)19-13(20-15)9-21-12-6-4-5-11(16)8-12/h4-6,8H,3,7,9H2,1-2H3,(H,18,19,20). The monoisotopic (exact) mass is 433 g/mol. The Morgan fingerprint density at radius 2 is 2.14 bits per heavy atom. The largest absolute Gasteiger partial charge is 0.369 e. The van der Waals surface area contributed by atoms with Crippen molar-refractivity contribution in [2.75, 3.05) is 11.9 Å². The van der Waals surface area contributed by atoms with E-state index < -0.39 is 0 Å². The van der Waals surface area contributed by atoms with Crippen LogP contribution >= 0.6 is 46.0 Å². The van der Waals surface area contributed by atoms with Gasteiger partial charge in [0.25, 0.3) is 0 Å². The lowest BCUT2D eigenvalue weighted by molar-refractivity contribution is 0.933. The van der Waals surface area contributed by atoms with Gasteiger partial charge >= 0.3 is 0 Å². The zero-order chi connectivity index (χ0) is 15.2. The van der Waals surface area contributed by atoms with Gasteiger partial charge in [-0.1, -0.05) is 24.6 Å². The number of rotatable bonds is 6. The molecule has 0 saturated heterocycles. The number of hydrogen-bond acceptors (Lipinski definition) is 4. The molecule has 3 nitrogen and oxygen atoms in total. The van der Waals surface area contributed by atoms with Crippen LogP contribution in [0.25, 0.3) is 0 Å². The first-order valence-electron chi connectivity index (χ1n) is 6.75. The second-order valence-electron chi connectivity index (χ2n) is 4.56. The molecule has 0 fully saturated rings. The lowest BCUT2D eigenvalue weighted by Gasteiger charge is -2.10. The average molecular weight is 434 g/mol. The summed E-state index contributed by atoms with van der Waals surface area (Å²) in [7, 11) is 0. The second kappa shape index (κ2) is 8.19. The van der Waals surface area contributed by atoms with E-state index in [1.54, 1.807) is 11.8 Å². The Labute approximate surface area is 148 Å². The molecular weight excluding hydrogens is 417 g/mol. The lowest BCUT2D eigenvalue weighted by Crippen LogP contribution is -2.08. The topological polar surface area (TPSA) is 37.8 Å². The van der Waals surface area contributed by atoms with Crippen molar-refractivity contribution in [1.82, 2.24) is 9.97 Å². The Morgan fingerprint density at radius 1 is 1.33 bits per heavy atom. The maximum atomic E-state index is 6.00. The van der Waals surface area contributed by atoms with E-state index in [9.17, 15) is 0 Å². The molecular formula is C15H17ClIN3S. The Hall–Kier alpha value is -0.530. The van der Waals surface area contributed by atoms with E-state index in [-0.39, 0.29) is 0 Å². The summed E-state index contributed by atoms with van der Waals surface area (Å²) >= 11 is 9.99. The van der Waals surface area contributed by atoms with E-state index in [0.717, 1.165) is 49.5 Å². The molecule has 1 N–H and O–H groups in total. The van der Waals surface area contributed by atoms with Crippen molar-refractivity contribution >= 4 is 51.8 Å². The van der Waals surface area contributed by atoms with Gasteiger partial charge in [0.05, 0.1) is 15.0 Å². The highest BCUT2D eigenvalue weighted by Gasteiger charge is 2.09. The minimum Gasteiger partial charge on any atom is -0.369 e. The van der Waals surface area contributed by atoms with Crippen LogP contribution in [0.1, 0.15) is 24.9 Å². The summed E-state index contributed by atoms with van der Waals surface area (Å²) in [6, 6.07) is 7.84. The Balaban J connectivity index is 2.11. The molecule has 1 aromatic heterocycles. The molecule has 0 aliphatic rings. The van der Waals surface area contributed by atoms with Crippen molar-refractivity contribution in [1.29, 1.82) is 0 Å². The fourth-order valence-corrected chi connectivity index (χ4v) is 3.24. The molecule has 1 aromatic carbocycles.